The molecule has 1 rings (SSSR count). The number of hydrogen-bond acceptors (Lipinski definition) is 1. The van der Waals surface area contributed by atoms with Gasteiger partial charge in [-0.2, -0.15) is 0 Å². The van der Waals surface area contributed by atoms with E-state index in [4.69, 9.17) is 0 Å². The predicted molar refractivity (Wildman–Crippen MR) is 60.1 cm³/mol. The summed E-state index contributed by atoms with van der Waals surface area (Å²) in [4.78, 5) is 11.3. The van der Waals surface area contributed by atoms with E-state index in [2.05, 4.69) is 32.9 Å². The van der Waals surface area contributed by atoms with Crippen LogP contribution < -0.4 is 0 Å². The molecule has 1 heteroatoms. The number of allylic oxidation sites excluding steroid dienone is 4. The van der Waals surface area contributed by atoms with Gasteiger partial charge >= 0.3 is 0 Å². The Kier molecular flexibility index (Phi) is 3.68. The Labute approximate surface area is 86.9 Å². The van der Waals surface area contributed by atoms with E-state index in [9.17, 15) is 4.79 Å². The minimum atomic E-state index is 0.132. The number of rotatable bonds is 3. The minimum Gasteiger partial charge on any atom is -0.299 e. The van der Waals surface area contributed by atoms with Crippen molar-refractivity contribution in [1.29, 1.82) is 0 Å². The van der Waals surface area contributed by atoms with Gasteiger partial charge in [0.1, 0.15) is 5.78 Å². The molecule has 1 aliphatic rings. The third-order valence-corrected chi connectivity index (χ3v) is 2.74. The molecule has 0 aliphatic heterocycles. The maximum Gasteiger partial charge on any atom is 0.136 e. The van der Waals surface area contributed by atoms with E-state index < -0.39 is 0 Å². The summed E-state index contributed by atoms with van der Waals surface area (Å²) in [6.07, 6.45) is 6.34. The van der Waals surface area contributed by atoms with Gasteiger partial charge in [-0.15, -0.1) is 0 Å². The lowest BCUT2D eigenvalue weighted by Gasteiger charge is -2.19. The van der Waals surface area contributed by atoms with Gasteiger partial charge in [0.15, 0.2) is 0 Å². The third-order valence-electron chi connectivity index (χ3n) is 2.74. The number of carbonyl (C=O) groups excluding carboxylic acids is 1. The van der Waals surface area contributed by atoms with Crippen molar-refractivity contribution in [3.63, 3.8) is 0 Å². The Bertz CT molecular complexity index is 282. The van der Waals surface area contributed by atoms with Crippen LogP contribution in [-0.4, -0.2) is 5.78 Å². The molecule has 0 aromatic heterocycles. The number of hydrogen-bond donors (Lipinski definition) is 0. The largest absolute Gasteiger partial charge is 0.299 e. The second-order valence-corrected chi connectivity index (χ2v) is 4.63. The van der Waals surface area contributed by atoms with Crippen molar-refractivity contribution in [1.82, 2.24) is 0 Å². The van der Waals surface area contributed by atoms with E-state index in [0.717, 1.165) is 12.8 Å². The summed E-state index contributed by atoms with van der Waals surface area (Å²) in [6.45, 7) is 8.25. The van der Waals surface area contributed by atoms with Crippen LogP contribution in [0, 0.1) is 11.8 Å². The molecule has 0 aromatic rings. The topological polar surface area (TPSA) is 17.1 Å². The van der Waals surface area contributed by atoms with Crippen LogP contribution in [0.4, 0.5) is 0 Å². The van der Waals surface area contributed by atoms with E-state index in [-0.39, 0.29) is 11.7 Å². The normalized spacial score (nSPS) is 21.9. The molecule has 0 amide bonds. The first kappa shape index (κ1) is 11.2. The summed E-state index contributed by atoms with van der Waals surface area (Å²) in [5.41, 5.74) is 2.72. The Balaban J connectivity index is 2.77. The lowest BCUT2D eigenvalue weighted by Crippen LogP contribution is -2.12. The Hall–Kier alpha value is -0.850. The van der Waals surface area contributed by atoms with Gasteiger partial charge in [-0.05, 0) is 38.2 Å². The molecule has 0 aromatic carbocycles. The standard InChI is InChI=1S/C13H20O/c1-9(2)7-13-8-12(11(4)14)6-5-10(13)3/h5,8-9,12H,6-7H2,1-4H3. The molecule has 0 spiro atoms. The van der Waals surface area contributed by atoms with Crippen LogP contribution in [0.3, 0.4) is 0 Å². The van der Waals surface area contributed by atoms with E-state index in [1.54, 1.807) is 6.92 Å². The molecule has 0 N–H and O–H groups in total. The molecule has 14 heavy (non-hydrogen) atoms. The first-order chi connectivity index (χ1) is 6.50. The summed E-state index contributed by atoms with van der Waals surface area (Å²) in [5, 5.41) is 0. The lowest BCUT2D eigenvalue weighted by molar-refractivity contribution is -0.119. The fourth-order valence-corrected chi connectivity index (χ4v) is 1.83. The highest BCUT2D eigenvalue weighted by molar-refractivity contribution is 5.81. The van der Waals surface area contributed by atoms with Crippen LogP contribution in [0.1, 0.15) is 40.5 Å². The fourth-order valence-electron chi connectivity index (χ4n) is 1.83. The molecule has 1 unspecified atom stereocenters. The number of carbonyl (C=O) groups is 1. The van der Waals surface area contributed by atoms with Gasteiger partial charge in [0.2, 0.25) is 0 Å². The second kappa shape index (κ2) is 4.59. The molecule has 0 saturated carbocycles. The van der Waals surface area contributed by atoms with E-state index in [0.29, 0.717) is 5.92 Å². The summed E-state index contributed by atoms with van der Waals surface area (Å²) in [7, 11) is 0. The van der Waals surface area contributed by atoms with Gasteiger partial charge in [-0.1, -0.05) is 31.6 Å². The molecule has 1 atom stereocenters. The smallest absolute Gasteiger partial charge is 0.136 e. The van der Waals surface area contributed by atoms with Crippen molar-refractivity contribution in [2.45, 2.75) is 40.5 Å². The van der Waals surface area contributed by atoms with Crippen LogP contribution in [0.25, 0.3) is 0 Å². The highest BCUT2D eigenvalue weighted by atomic mass is 16.1. The molecule has 0 bridgehead atoms. The predicted octanol–water partition coefficient (Wildman–Crippen LogP) is 3.51. The van der Waals surface area contributed by atoms with Gasteiger partial charge < -0.3 is 0 Å². The van der Waals surface area contributed by atoms with Crippen LogP contribution >= 0.6 is 0 Å². The van der Waals surface area contributed by atoms with E-state index >= 15 is 0 Å². The molecular weight excluding hydrogens is 172 g/mol. The molecule has 0 fully saturated rings. The van der Waals surface area contributed by atoms with Crippen LogP contribution in [0.2, 0.25) is 0 Å². The van der Waals surface area contributed by atoms with E-state index in [1.807, 2.05) is 0 Å². The Morgan fingerprint density at radius 1 is 1.57 bits per heavy atom. The monoisotopic (exact) mass is 192 g/mol. The highest BCUT2D eigenvalue weighted by Crippen LogP contribution is 2.27. The number of Topliss-reactive ketones (excluding diaryl/α,β-unsaturated/α-hetero) is 1. The van der Waals surface area contributed by atoms with Gasteiger partial charge in [-0.25, -0.2) is 0 Å². The average Bonchev–Trinajstić information content (AvgIpc) is 2.07. The summed E-state index contributed by atoms with van der Waals surface area (Å²) >= 11 is 0. The summed E-state index contributed by atoms with van der Waals surface area (Å²) in [6, 6.07) is 0. The van der Waals surface area contributed by atoms with Crippen molar-refractivity contribution in [2.75, 3.05) is 0 Å². The Morgan fingerprint density at radius 2 is 2.21 bits per heavy atom. The van der Waals surface area contributed by atoms with Crippen molar-refractivity contribution < 1.29 is 4.79 Å². The maximum absolute atomic E-state index is 11.3. The molecule has 0 radical (unpaired) electrons. The summed E-state index contributed by atoms with van der Waals surface area (Å²) in [5.74, 6) is 1.08. The SMILES string of the molecule is CC(=O)C1C=C(CC(C)C)C(C)=CC1. The molecular formula is C13H20O. The zero-order chi connectivity index (χ0) is 10.7. The van der Waals surface area contributed by atoms with Crippen molar-refractivity contribution in [3.05, 3.63) is 23.3 Å². The van der Waals surface area contributed by atoms with Crippen LogP contribution in [-0.2, 0) is 4.79 Å². The van der Waals surface area contributed by atoms with Gasteiger partial charge in [-0.3, -0.25) is 4.79 Å². The van der Waals surface area contributed by atoms with Crippen molar-refractivity contribution in [3.8, 4) is 0 Å². The van der Waals surface area contributed by atoms with Crippen molar-refractivity contribution in [2.24, 2.45) is 11.8 Å². The molecule has 1 nitrogen and oxygen atoms in total. The molecule has 1 aliphatic carbocycles. The molecule has 0 heterocycles. The van der Waals surface area contributed by atoms with Crippen molar-refractivity contribution >= 4 is 5.78 Å². The minimum absolute atomic E-state index is 0.132. The van der Waals surface area contributed by atoms with E-state index in [1.165, 1.54) is 11.1 Å². The third kappa shape index (κ3) is 2.83. The highest BCUT2D eigenvalue weighted by Gasteiger charge is 2.16. The van der Waals surface area contributed by atoms with Gasteiger partial charge in [0.25, 0.3) is 0 Å². The molecule has 0 saturated heterocycles. The second-order valence-electron chi connectivity index (χ2n) is 4.63. The van der Waals surface area contributed by atoms with Crippen LogP contribution in [0.15, 0.2) is 23.3 Å². The van der Waals surface area contributed by atoms with Crippen LogP contribution in [0.5, 0.6) is 0 Å². The maximum atomic E-state index is 11.3. The lowest BCUT2D eigenvalue weighted by atomic mass is 9.85. The zero-order valence-electron chi connectivity index (χ0n) is 9.63. The van der Waals surface area contributed by atoms with Gasteiger partial charge in [0, 0.05) is 5.92 Å². The fraction of sp³-hybridized carbons (Fsp3) is 0.615. The average molecular weight is 192 g/mol. The summed E-state index contributed by atoms with van der Waals surface area (Å²) < 4.78 is 0. The quantitative estimate of drug-likeness (QED) is 0.668. The number of ketones is 1. The Morgan fingerprint density at radius 3 is 2.71 bits per heavy atom. The zero-order valence-corrected chi connectivity index (χ0v) is 9.63. The van der Waals surface area contributed by atoms with Gasteiger partial charge in [0.05, 0.1) is 0 Å². The first-order valence-corrected chi connectivity index (χ1v) is 5.39. The molecule has 78 valence electrons. The first-order valence-electron chi connectivity index (χ1n) is 5.39.